The van der Waals surface area contributed by atoms with Crippen molar-refractivity contribution in [2.75, 3.05) is 0 Å². The summed E-state index contributed by atoms with van der Waals surface area (Å²) in [6.45, 7) is 0. The van der Waals surface area contributed by atoms with Crippen molar-refractivity contribution in [3.05, 3.63) is 45.5 Å². The quantitative estimate of drug-likeness (QED) is 0.867. The van der Waals surface area contributed by atoms with Gasteiger partial charge in [-0.1, -0.05) is 0 Å². The van der Waals surface area contributed by atoms with Crippen molar-refractivity contribution in [1.29, 1.82) is 0 Å². The van der Waals surface area contributed by atoms with Crippen LogP contribution in [0.1, 0.15) is 35.7 Å². The molecule has 2 aromatic rings. The third kappa shape index (κ3) is 1.91. The number of aromatic carboxylic acids is 1. The van der Waals surface area contributed by atoms with Crippen LogP contribution in [-0.4, -0.2) is 15.6 Å². The Morgan fingerprint density at radius 1 is 1.24 bits per heavy atom. The average Bonchev–Trinajstić information content (AvgIpc) is 2.36. The minimum absolute atomic E-state index is 0.217. The van der Waals surface area contributed by atoms with E-state index in [9.17, 15) is 22.8 Å². The zero-order valence-electron chi connectivity index (χ0n) is 10.7. The normalized spacial score (nSPS) is 15.2. The molecule has 0 bridgehead atoms. The molecule has 0 atom stereocenters. The Morgan fingerprint density at radius 2 is 1.90 bits per heavy atom. The number of carboxylic acid groups (broad SMARTS) is 1. The van der Waals surface area contributed by atoms with Gasteiger partial charge in [0.15, 0.2) is 17.5 Å². The summed E-state index contributed by atoms with van der Waals surface area (Å²) in [5.74, 6) is -6.14. The molecule has 1 aromatic heterocycles. The number of rotatable bonds is 2. The van der Waals surface area contributed by atoms with Gasteiger partial charge in [0.1, 0.15) is 5.56 Å². The molecule has 21 heavy (non-hydrogen) atoms. The number of fused-ring (bicyclic) bond motifs is 1. The predicted octanol–water partition coefficient (Wildman–Crippen LogP) is 2.84. The van der Waals surface area contributed by atoms with Crippen LogP contribution in [0.3, 0.4) is 0 Å². The highest BCUT2D eigenvalue weighted by Gasteiger charge is 2.27. The maximum atomic E-state index is 14.0. The molecule has 1 fully saturated rings. The predicted molar refractivity (Wildman–Crippen MR) is 67.9 cm³/mol. The van der Waals surface area contributed by atoms with Gasteiger partial charge in [-0.2, -0.15) is 0 Å². The van der Waals surface area contributed by atoms with Gasteiger partial charge >= 0.3 is 5.97 Å². The van der Waals surface area contributed by atoms with E-state index in [0.717, 1.165) is 12.6 Å². The number of aromatic nitrogens is 1. The second kappa shape index (κ2) is 4.61. The van der Waals surface area contributed by atoms with Gasteiger partial charge in [-0.3, -0.25) is 4.79 Å². The van der Waals surface area contributed by atoms with E-state index in [1.54, 1.807) is 0 Å². The summed E-state index contributed by atoms with van der Waals surface area (Å²) in [7, 11) is 0. The van der Waals surface area contributed by atoms with Gasteiger partial charge in [0.05, 0.1) is 10.9 Å². The number of halogens is 3. The Kier molecular flexibility index (Phi) is 3.00. The molecule has 0 radical (unpaired) electrons. The Labute approximate surface area is 116 Å². The lowest BCUT2D eigenvalue weighted by atomic mass is 9.92. The summed E-state index contributed by atoms with van der Waals surface area (Å²) in [5.41, 5.74) is -1.99. The zero-order chi connectivity index (χ0) is 15.3. The monoisotopic (exact) mass is 297 g/mol. The molecule has 0 aliphatic heterocycles. The van der Waals surface area contributed by atoms with Crippen LogP contribution in [0, 0.1) is 17.5 Å². The third-order valence-corrected chi connectivity index (χ3v) is 3.85. The van der Waals surface area contributed by atoms with Gasteiger partial charge in [-0.25, -0.2) is 18.0 Å². The van der Waals surface area contributed by atoms with Crippen LogP contribution in [0.15, 0.2) is 17.1 Å². The Morgan fingerprint density at radius 3 is 2.43 bits per heavy atom. The minimum atomic E-state index is -1.67. The second-order valence-corrected chi connectivity index (χ2v) is 5.05. The molecule has 1 aliphatic rings. The fourth-order valence-electron chi connectivity index (χ4n) is 2.52. The summed E-state index contributed by atoms with van der Waals surface area (Å²) in [5, 5.41) is 8.58. The first-order valence-corrected chi connectivity index (χ1v) is 6.37. The number of hydrogen-bond acceptors (Lipinski definition) is 2. The lowest BCUT2D eigenvalue weighted by molar-refractivity contribution is 0.0694. The van der Waals surface area contributed by atoms with Crippen LogP contribution in [0.25, 0.3) is 10.9 Å². The molecular formula is C14H10F3NO3. The lowest BCUT2D eigenvalue weighted by Gasteiger charge is -2.30. The molecule has 0 amide bonds. The Bertz CT molecular complexity index is 825. The average molecular weight is 297 g/mol. The number of nitrogens with zero attached hydrogens (tertiary/aromatic N) is 1. The molecule has 1 heterocycles. The van der Waals surface area contributed by atoms with E-state index in [1.807, 2.05) is 0 Å². The van der Waals surface area contributed by atoms with Crippen molar-refractivity contribution in [2.45, 2.75) is 25.3 Å². The van der Waals surface area contributed by atoms with Gasteiger partial charge in [0, 0.05) is 12.2 Å². The van der Waals surface area contributed by atoms with E-state index >= 15 is 0 Å². The van der Waals surface area contributed by atoms with Crippen LogP contribution < -0.4 is 5.43 Å². The lowest BCUT2D eigenvalue weighted by Crippen LogP contribution is -2.25. The maximum Gasteiger partial charge on any atom is 0.341 e. The zero-order valence-corrected chi connectivity index (χ0v) is 10.7. The molecule has 1 aromatic carbocycles. The van der Waals surface area contributed by atoms with E-state index in [4.69, 9.17) is 5.11 Å². The second-order valence-electron chi connectivity index (χ2n) is 5.05. The number of benzene rings is 1. The standard InChI is InChI=1S/C14H10F3NO3/c15-9-4-7-12(11(17)10(9)16)18(6-2-1-3-6)5-8(13(7)19)14(20)21/h4-6H,1-3H2,(H,20,21). The van der Waals surface area contributed by atoms with Gasteiger partial charge in [-0.05, 0) is 25.3 Å². The number of pyridine rings is 1. The third-order valence-electron chi connectivity index (χ3n) is 3.85. The number of carboxylic acids is 1. The highest BCUT2D eigenvalue weighted by atomic mass is 19.2. The van der Waals surface area contributed by atoms with E-state index in [-0.39, 0.29) is 11.6 Å². The molecule has 110 valence electrons. The highest BCUT2D eigenvalue weighted by Crippen LogP contribution is 2.35. The molecular weight excluding hydrogens is 287 g/mol. The van der Waals surface area contributed by atoms with E-state index < -0.39 is 39.8 Å². The van der Waals surface area contributed by atoms with Crippen molar-refractivity contribution >= 4 is 16.9 Å². The maximum absolute atomic E-state index is 14.0. The van der Waals surface area contributed by atoms with Crippen molar-refractivity contribution < 1.29 is 23.1 Å². The summed E-state index contributed by atoms with van der Waals surface area (Å²) >= 11 is 0. The topological polar surface area (TPSA) is 59.3 Å². The van der Waals surface area contributed by atoms with Crippen molar-refractivity contribution in [3.8, 4) is 0 Å². The molecule has 1 saturated carbocycles. The molecule has 1 N–H and O–H groups in total. The largest absolute Gasteiger partial charge is 0.477 e. The SMILES string of the molecule is O=C(O)c1cn(C2CCC2)c2c(F)c(F)c(F)cc2c1=O. The molecule has 4 nitrogen and oxygen atoms in total. The first-order valence-electron chi connectivity index (χ1n) is 6.37. The summed E-state index contributed by atoms with van der Waals surface area (Å²) in [6.07, 6.45) is 3.20. The van der Waals surface area contributed by atoms with Gasteiger partial charge in [0.2, 0.25) is 5.43 Å². The van der Waals surface area contributed by atoms with Crippen LogP contribution in [0.5, 0.6) is 0 Å². The van der Waals surface area contributed by atoms with Crippen LogP contribution >= 0.6 is 0 Å². The Hall–Kier alpha value is -2.31. The molecule has 7 heteroatoms. The number of hydrogen-bond donors (Lipinski definition) is 1. The van der Waals surface area contributed by atoms with Gasteiger partial charge in [0.25, 0.3) is 0 Å². The summed E-state index contributed by atoms with van der Waals surface area (Å²) in [4.78, 5) is 23.1. The van der Waals surface area contributed by atoms with Crippen LogP contribution in [-0.2, 0) is 0 Å². The fraction of sp³-hybridized carbons (Fsp3) is 0.286. The van der Waals surface area contributed by atoms with Crippen LogP contribution in [0.2, 0.25) is 0 Å². The summed E-state index contributed by atoms with van der Waals surface area (Å²) < 4.78 is 42.0. The van der Waals surface area contributed by atoms with E-state index in [1.165, 1.54) is 4.57 Å². The van der Waals surface area contributed by atoms with Gasteiger partial charge in [-0.15, -0.1) is 0 Å². The van der Waals surface area contributed by atoms with Gasteiger partial charge < -0.3 is 9.67 Å². The molecule has 0 unspecified atom stereocenters. The van der Waals surface area contributed by atoms with E-state index in [2.05, 4.69) is 0 Å². The molecule has 0 saturated heterocycles. The first-order chi connectivity index (χ1) is 9.91. The fourth-order valence-corrected chi connectivity index (χ4v) is 2.52. The van der Waals surface area contributed by atoms with Crippen molar-refractivity contribution in [1.82, 2.24) is 4.57 Å². The highest BCUT2D eigenvalue weighted by molar-refractivity contribution is 5.92. The smallest absolute Gasteiger partial charge is 0.341 e. The van der Waals surface area contributed by atoms with E-state index in [0.29, 0.717) is 18.9 Å². The summed E-state index contributed by atoms with van der Waals surface area (Å²) in [6, 6.07) is 0.336. The number of carbonyl (C=O) groups is 1. The Balaban J connectivity index is 2.48. The molecule has 0 spiro atoms. The van der Waals surface area contributed by atoms with Crippen LogP contribution in [0.4, 0.5) is 13.2 Å². The molecule has 1 aliphatic carbocycles. The van der Waals surface area contributed by atoms with Crippen molar-refractivity contribution in [3.63, 3.8) is 0 Å². The molecule has 3 rings (SSSR count). The minimum Gasteiger partial charge on any atom is -0.477 e. The van der Waals surface area contributed by atoms with Crippen molar-refractivity contribution in [2.24, 2.45) is 0 Å². The first kappa shape index (κ1) is 13.7.